The third-order valence-electron chi connectivity index (χ3n) is 3.68. The summed E-state index contributed by atoms with van der Waals surface area (Å²) >= 11 is 0. The van der Waals surface area contributed by atoms with Crippen molar-refractivity contribution in [3.8, 4) is 28.6 Å². The van der Waals surface area contributed by atoms with Crippen molar-refractivity contribution in [2.45, 2.75) is 19.8 Å². The Hall–Kier alpha value is -3.29. The zero-order valence-corrected chi connectivity index (χ0v) is 13.6. The van der Waals surface area contributed by atoms with Crippen molar-refractivity contribution >= 4 is 23.7 Å². The average Bonchev–Trinajstić information content (AvgIpc) is 3.07. The largest absolute Gasteiger partial charge is 0.502 e. The molecule has 25 heavy (non-hydrogen) atoms. The van der Waals surface area contributed by atoms with Gasteiger partial charge in [-0.3, -0.25) is 14.4 Å². The SMILES string of the molecule is COc1ccccc1-c1oc(N2C(=O)CCC2=O)c(OC(C)=O)c1O. The number of hydrogen-bond acceptors (Lipinski definition) is 7. The second kappa shape index (κ2) is 6.31. The topological polar surface area (TPSA) is 106 Å². The van der Waals surface area contributed by atoms with Gasteiger partial charge in [0.2, 0.25) is 23.3 Å². The van der Waals surface area contributed by atoms with Crippen LogP contribution in [0.4, 0.5) is 5.88 Å². The fraction of sp³-hybridized carbons (Fsp3) is 0.235. The number of furan rings is 1. The number of anilines is 1. The van der Waals surface area contributed by atoms with Crippen LogP contribution in [0.15, 0.2) is 28.7 Å². The zero-order chi connectivity index (χ0) is 18.1. The predicted octanol–water partition coefficient (Wildman–Crippen LogP) is 2.24. The highest BCUT2D eigenvalue weighted by atomic mass is 16.6. The van der Waals surface area contributed by atoms with E-state index in [1.54, 1.807) is 24.3 Å². The molecular formula is C17H15NO7. The van der Waals surface area contributed by atoms with E-state index < -0.39 is 23.5 Å². The van der Waals surface area contributed by atoms with E-state index in [1.807, 2.05) is 0 Å². The van der Waals surface area contributed by atoms with Gasteiger partial charge >= 0.3 is 5.97 Å². The van der Waals surface area contributed by atoms with Crippen molar-refractivity contribution in [2.75, 3.05) is 12.0 Å². The highest BCUT2D eigenvalue weighted by molar-refractivity contribution is 6.20. The molecule has 2 aromatic rings. The van der Waals surface area contributed by atoms with E-state index in [2.05, 4.69) is 0 Å². The summed E-state index contributed by atoms with van der Waals surface area (Å²) in [6.07, 6.45) is 0.0353. The van der Waals surface area contributed by atoms with Crippen molar-refractivity contribution in [3.63, 3.8) is 0 Å². The van der Waals surface area contributed by atoms with Gasteiger partial charge in [0.15, 0.2) is 5.76 Å². The van der Waals surface area contributed by atoms with Crippen molar-refractivity contribution in [2.24, 2.45) is 0 Å². The Kier molecular flexibility index (Phi) is 4.18. The molecule has 0 saturated carbocycles. The molecule has 8 nitrogen and oxygen atoms in total. The summed E-state index contributed by atoms with van der Waals surface area (Å²) in [5, 5.41) is 10.5. The minimum Gasteiger partial charge on any atom is -0.502 e. The van der Waals surface area contributed by atoms with Gasteiger partial charge in [-0.1, -0.05) is 12.1 Å². The lowest BCUT2D eigenvalue weighted by Gasteiger charge is -2.11. The fourth-order valence-corrected chi connectivity index (χ4v) is 2.60. The maximum Gasteiger partial charge on any atom is 0.308 e. The quantitative estimate of drug-likeness (QED) is 0.669. The molecule has 0 spiro atoms. The minimum atomic E-state index is -0.733. The van der Waals surface area contributed by atoms with E-state index in [1.165, 1.54) is 7.11 Å². The second-order valence-corrected chi connectivity index (χ2v) is 5.33. The Morgan fingerprint density at radius 2 is 1.84 bits per heavy atom. The molecule has 0 bridgehead atoms. The Bertz CT molecular complexity index is 852. The van der Waals surface area contributed by atoms with Crippen LogP contribution in [0.5, 0.6) is 17.2 Å². The van der Waals surface area contributed by atoms with E-state index in [4.69, 9.17) is 13.9 Å². The summed E-state index contributed by atoms with van der Waals surface area (Å²) in [5.74, 6) is -2.61. The summed E-state index contributed by atoms with van der Waals surface area (Å²) < 4.78 is 15.8. The third-order valence-corrected chi connectivity index (χ3v) is 3.68. The van der Waals surface area contributed by atoms with Gasteiger partial charge in [-0.2, -0.15) is 0 Å². The van der Waals surface area contributed by atoms with Crippen LogP contribution in [0.1, 0.15) is 19.8 Å². The summed E-state index contributed by atoms with van der Waals surface area (Å²) in [4.78, 5) is 36.2. The molecule has 0 radical (unpaired) electrons. The first kappa shape index (κ1) is 16.6. The van der Waals surface area contributed by atoms with E-state index in [-0.39, 0.29) is 30.2 Å². The zero-order valence-electron chi connectivity index (χ0n) is 13.6. The Labute approximate surface area is 142 Å². The monoisotopic (exact) mass is 345 g/mol. The van der Waals surface area contributed by atoms with Crippen LogP contribution in [0.2, 0.25) is 0 Å². The minimum absolute atomic E-state index is 0.0177. The van der Waals surface area contributed by atoms with Gasteiger partial charge in [0.25, 0.3) is 5.88 Å². The number of benzene rings is 1. The standard InChI is InChI=1S/C17H15NO7/c1-9(19)24-16-14(22)15(10-5-3-4-6-11(10)23-2)25-17(16)18-12(20)7-8-13(18)21/h3-6,22H,7-8H2,1-2H3. The number of amides is 2. The number of ether oxygens (including phenoxy) is 2. The van der Waals surface area contributed by atoms with Gasteiger partial charge in [0.1, 0.15) is 5.75 Å². The maximum atomic E-state index is 12.0. The predicted molar refractivity (Wildman–Crippen MR) is 85.4 cm³/mol. The number of para-hydroxylation sites is 1. The molecule has 8 heteroatoms. The van der Waals surface area contributed by atoms with Gasteiger partial charge in [0.05, 0.1) is 12.7 Å². The number of esters is 1. The molecule has 0 atom stereocenters. The molecular weight excluding hydrogens is 330 g/mol. The molecule has 1 N–H and O–H groups in total. The lowest BCUT2D eigenvalue weighted by atomic mass is 10.1. The molecule has 2 amide bonds. The van der Waals surface area contributed by atoms with Crippen LogP contribution < -0.4 is 14.4 Å². The number of nitrogens with zero attached hydrogens (tertiary/aromatic N) is 1. The van der Waals surface area contributed by atoms with Crippen molar-refractivity contribution < 1.29 is 33.4 Å². The molecule has 1 aliphatic heterocycles. The van der Waals surface area contributed by atoms with Crippen LogP contribution in [-0.2, 0) is 14.4 Å². The number of carbonyl (C=O) groups excluding carboxylic acids is 3. The Morgan fingerprint density at radius 1 is 1.20 bits per heavy atom. The summed E-state index contributed by atoms with van der Waals surface area (Å²) in [6.45, 7) is 1.13. The first-order valence-electron chi connectivity index (χ1n) is 7.47. The number of methoxy groups -OCH3 is 1. The van der Waals surface area contributed by atoms with Crippen molar-refractivity contribution in [3.05, 3.63) is 24.3 Å². The van der Waals surface area contributed by atoms with Gasteiger partial charge in [0, 0.05) is 19.8 Å². The van der Waals surface area contributed by atoms with E-state index in [0.29, 0.717) is 11.3 Å². The Balaban J connectivity index is 2.20. The number of aromatic hydroxyl groups is 1. The Morgan fingerprint density at radius 3 is 2.44 bits per heavy atom. The number of rotatable bonds is 4. The van der Waals surface area contributed by atoms with Crippen molar-refractivity contribution in [1.82, 2.24) is 0 Å². The maximum absolute atomic E-state index is 12.0. The summed E-state index contributed by atoms with van der Waals surface area (Å²) in [5.41, 5.74) is 0.376. The molecule has 1 aromatic heterocycles. The van der Waals surface area contributed by atoms with Crippen LogP contribution in [-0.4, -0.2) is 30.0 Å². The van der Waals surface area contributed by atoms with Crippen LogP contribution >= 0.6 is 0 Å². The molecule has 130 valence electrons. The van der Waals surface area contributed by atoms with Crippen LogP contribution in [0.3, 0.4) is 0 Å². The molecule has 0 aliphatic carbocycles. The van der Waals surface area contributed by atoms with E-state index in [9.17, 15) is 19.5 Å². The number of carbonyl (C=O) groups is 3. The lowest BCUT2D eigenvalue weighted by molar-refractivity contribution is -0.132. The van der Waals surface area contributed by atoms with Crippen LogP contribution in [0, 0.1) is 0 Å². The smallest absolute Gasteiger partial charge is 0.308 e. The highest BCUT2D eigenvalue weighted by Crippen LogP contribution is 2.50. The molecule has 3 rings (SSSR count). The second-order valence-electron chi connectivity index (χ2n) is 5.33. The van der Waals surface area contributed by atoms with Crippen molar-refractivity contribution in [1.29, 1.82) is 0 Å². The first-order valence-corrected chi connectivity index (χ1v) is 7.47. The molecule has 0 unspecified atom stereocenters. The lowest BCUT2D eigenvalue weighted by Crippen LogP contribution is -2.28. The molecule has 1 aromatic carbocycles. The normalized spacial score (nSPS) is 14.1. The van der Waals surface area contributed by atoms with Gasteiger partial charge in [-0.25, -0.2) is 4.90 Å². The van der Waals surface area contributed by atoms with Gasteiger partial charge in [-0.15, -0.1) is 0 Å². The first-order chi connectivity index (χ1) is 11.9. The number of hydrogen-bond donors (Lipinski definition) is 1. The summed E-state index contributed by atoms with van der Waals surface area (Å²) in [7, 11) is 1.44. The van der Waals surface area contributed by atoms with Crippen LogP contribution in [0.25, 0.3) is 11.3 Å². The van der Waals surface area contributed by atoms with E-state index >= 15 is 0 Å². The summed E-state index contributed by atoms with van der Waals surface area (Å²) in [6, 6.07) is 6.68. The average molecular weight is 345 g/mol. The van der Waals surface area contributed by atoms with E-state index in [0.717, 1.165) is 11.8 Å². The molecule has 2 heterocycles. The fourth-order valence-electron chi connectivity index (χ4n) is 2.60. The molecule has 1 saturated heterocycles. The molecule has 1 aliphatic rings. The third kappa shape index (κ3) is 2.82. The highest BCUT2D eigenvalue weighted by Gasteiger charge is 2.38. The molecule has 1 fully saturated rings. The van der Waals surface area contributed by atoms with Gasteiger partial charge in [-0.05, 0) is 12.1 Å². The number of imide groups is 1. The van der Waals surface area contributed by atoms with Gasteiger partial charge < -0.3 is 19.0 Å².